The molecule has 0 spiro atoms. The van der Waals surface area contributed by atoms with Crippen molar-refractivity contribution in [3.05, 3.63) is 0 Å². The Morgan fingerprint density at radius 3 is 1.58 bits per heavy atom. The van der Waals surface area contributed by atoms with Gasteiger partial charge in [-0.3, -0.25) is 0 Å². The molecule has 0 amide bonds. The first-order chi connectivity index (χ1) is 5.41. The van der Waals surface area contributed by atoms with Crippen LogP contribution in [0, 0.1) is 0 Å². The predicted octanol–water partition coefficient (Wildman–Crippen LogP) is 3.08. The molecular weight excluding hydrogens is 200 g/mol. The summed E-state index contributed by atoms with van der Waals surface area (Å²) >= 11 is 0. The van der Waals surface area contributed by atoms with Crippen molar-refractivity contribution in [3.8, 4) is 0 Å². The van der Waals surface area contributed by atoms with Crippen LogP contribution in [0.15, 0.2) is 0 Å². The second-order valence-electron chi connectivity index (χ2n) is 3.26. The smallest absolute Gasteiger partial charge is 0 e. The van der Waals surface area contributed by atoms with Gasteiger partial charge in [0, 0.05) is 19.5 Å². The average Bonchev–Trinajstić information content (AvgIpc) is 2.03. The van der Waals surface area contributed by atoms with Crippen LogP contribution in [0.5, 0.6) is 0 Å². The molecule has 12 heavy (non-hydrogen) atoms. The van der Waals surface area contributed by atoms with Crippen LogP contribution in [0.4, 0.5) is 0 Å². The summed E-state index contributed by atoms with van der Waals surface area (Å²) in [4.78, 5) is 0. The van der Waals surface area contributed by atoms with Crippen LogP contribution in [0.1, 0.15) is 58.3 Å². The summed E-state index contributed by atoms with van der Waals surface area (Å²) in [7, 11) is 0. The van der Waals surface area contributed by atoms with E-state index in [2.05, 4.69) is 6.92 Å². The molecule has 0 fully saturated rings. The maximum absolute atomic E-state index is 5.39. The van der Waals surface area contributed by atoms with E-state index in [-0.39, 0.29) is 19.5 Å². The average molecular weight is 223 g/mol. The Morgan fingerprint density at radius 1 is 0.750 bits per heavy atom. The van der Waals surface area contributed by atoms with Crippen molar-refractivity contribution in [2.45, 2.75) is 58.3 Å². The third-order valence-corrected chi connectivity index (χ3v) is 2.06. The van der Waals surface area contributed by atoms with Gasteiger partial charge in [-0.05, 0) is 13.0 Å². The summed E-state index contributed by atoms with van der Waals surface area (Å²) in [6.45, 7) is 3.13. The van der Waals surface area contributed by atoms with Gasteiger partial charge in [-0.1, -0.05) is 51.9 Å². The van der Waals surface area contributed by atoms with Crippen LogP contribution in [0.2, 0.25) is 0 Å². The number of hydrogen-bond donors (Lipinski definition) is 1. The Kier molecular flexibility index (Phi) is 17.7. The summed E-state index contributed by atoms with van der Waals surface area (Å²) in [6.07, 6.45) is 11.0. The SMILES string of the molecule is CCCCCCCCCCN.[Zn]. The minimum atomic E-state index is 0. The Hall–Kier alpha value is 0.583. The molecule has 70 valence electrons. The van der Waals surface area contributed by atoms with Gasteiger partial charge in [0.1, 0.15) is 0 Å². The quantitative estimate of drug-likeness (QED) is 0.496. The first-order valence-corrected chi connectivity index (χ1v) is 5.12. The molecule has 0 radical (unpaired) electrons. The van der Waals surface area contributed by atoms with Gasteiger partial charge in [0.15, 0.2) is 0 Å². The Balaban J connectivity index is 0. The summed E-state index contributed by atoms with van der Waals surface area (Å²) in [5.74, 6) is 0. The molecule has 0 heterocycles. The third kappa shape index (κ3) is 13.2. The van der Waals surface area contributed by atoms with Crippen molar-refractivity contribution in [3.63, 3.8) is 0 Å². The van der Waals surface area contributed by atoms with Gasteiger partial charge < -0.3 is 5.73 Å². The van der Waals surface area contributed by atoms with E-state index in [0.29, 0.717) is 0 Å². The van der Waals surface area contributed by atoms with Crippen LogP contribution < -0.4 is 5.73 Å². The molecule has 2 N–H and O–H groups in total. The second-order valence-corrected chi connectivity index (χ2v) is 3.26. The molecule has 0 aliphatic carbocycles. The van der Waals surface area contributed by atoms with Crippen molar-refractivity contribution in [2.24, 2.45) is 5.73 Å². The topological polar surface area (TPSA) is 26.0 Å². The zero-order chi connectivity index (χ0) is 8.36. The molecule has 0 unspecified atom stereocenters. The maximum Gasteiger partial charge on any atom is 0 e. The Morgan fingerprint density at radius 2 is 1.17 bits per heavy atom. The normalized spacial score (nSPS) is 9.50. The first-order valence-electron chi connectivity index (χ1n) is 5.12. The van der Waals surface area contributed by atoms with Crippen LogP contribution in [-0.2, 0) is 19.5 Å². The molecule has 0 aromatic heterocycles. The fourth-order valence-corrected chi connectivity index (χ4v) is 1.28. The second kappa shape index (κ2) is 14.1. The van der Waals surface area contributed by atoms with Gasteiger partial charge in [-0.2, -0.15) is 0 Å². The van der Waals surface area contributed by atoms with E-state index < -0.39 is 0 Å². The summed E-state index contributed by atoms with van der Waals surface area (Å²) in [5.41, 5.74) is 5.39. The van der Waals surface area contributed by atoms with Crippen LogP contribution in [0.25, 0.3) is 0 Å². The monoisotopic (exact) mass is 221 g/mol. The number of rotatable bonds is 8. The molecule has 2 heteroatoms. The molecule has 0 atom stereocenters. The number of unbranched alkanes of at least 4 members (excludes halogenated alkanes) is 7. The molecule has 0 saturated heterocycles. The molecule has 0 rings (SSSR count). The third-order valence-electron chi connectivity index (χ3n) is 2.06. The van der Waals surface area contributed by atoms with E-state index in [4.69, 9.17) is 5.73 Å². The molecule has 0 aromatic carbocycles. The fourth-order valence-electron chi connectivity index (χ4n) is 1.28. The fraction of sp³-hybridized carbons (Fsp3) is 1.00. The van der Waals surface area contributed by atoms with E-state index in [1.807, 2.05) is 0 Å². The van der Waals surface area contributed by atoms with E-state index in [1.54, 1.807) is 0 Å². The van der Waals surface area contributed by atoms with Crippen molar-refractivity contribution in [2.75, 3.05) is 6.54 Å². The minimum Gasteiger partial charge on any atom is -0.330 e. The van der Waals surface area contributed by atoms with Gasteiger partial charge in [-0.25, -0.2) is 0 Å². The van der Waals surface area contributed by atoms with E-state index in [1.165, 1.54) is 51.4 Å². The van der Waals surface area contributed by atoms with Crippen LogP contribution in [-0.4, -0.2) is 6.54 Å². The number of nitrogens with two attached hydrogens (primary N) is 1. The van der Waals surface area contributed by atoms with Gasteiger partial charge >= 0.3 is 0 Å². The molecule has 0 aromatic rings. The Labute approximate surface area is 90.2 Å². The van der Waals surface area contributed by atoms with Gasteiger partial charge in [-0.15, -0.1) is 0 Å². The molecular formula is C10H23NZn. The molecule has 0 aliphatic heterocycles. The van der Waals surface area contributed by atoms with Gasteiger partial charge in [0.25, 0.3) is 0 Å². The van der Waals surface area contributed by atoms with Crippen molar-refractivity contribution < 1.29 is 19.5 Å². The zero-order valence-corrected chi connectivity index (χ0v) is 11.6. The molecule has 0 bridgehead atoms. The Bertz CT molecular complexity index is 58.9. The van der Waals surface area contributed by atoms with Crippen LogP contribution >= 0.6 is 0 Å². The number of hydrogen-bond acceptors (Lipinski definition) is 1. The van der Waals surface area contributed by atoms with Crippen molar-refractivity contribution in [1.29, 1.82) is 0 Å². The van der Waals surface area contributed by atoms with E-state index in [0.717, 1.165) is 6.54 Å². The zero-order valence-electron chi connectivity index (χ0n) is 8.65. The predicted molar refractivity (Wildman–Crippen MR) is 51.7 cm³/mol. The largest absolute Gasteiger partial charge is 0.330 e. The first kappa shape index (κ1) is 15.1. The molecule has 0 aliphatic rings. The van der Waals surface area contributed by atoms with Gasteiger partial charge in [0.2, 0.25) is 0 Å². The summed E-state index contributed by atoms with van der Waals surface area (Å²) in [5, 5.41) is 0. The standard InChI is InChI=1S/C10H23N.Zn/c1-2-3-4-5-6-7-8-9-10-11;/h2-11H2,1H3;. The van der Waals surface area contributed by atoms with E-state index in [9.17, 15) is 0 Å². The van der Waals surface area contributed by atoms with Gasteiger partial charge in [0.05, 0.1) is 0 Å². The van der Waals surface area contributed by atoms with Crippen molar-refractivity contribution >= 4 is 0 Å². The molecule has 1 nitrogen and oxygen atoms in total. The summed E-state index contributed by atoms with van der Waals surface area (Å²) in [6, 6.07) is 0. The van der Waals surface area contributed by atoms with Crippen molar-refractivity contribution in [1.82, 2.24) is 0 Å². The van der Waals surface area contributed by atoms with E-state index >= 15 is 0 Å². The van der Waals surface area contributed by atoms with Crippen LogP contribution in [0.3, 0.4) is 0 Å². The maximum atomic E-state index is 5.39. The minimum absolute atomic E-state index is 0. The summed E-state index contributed by atoms with van der Waals surface area (Å²) < 4.78 is 0. The molecule has 0 saturated carbocycles.